The van der Waals surface area contributed by atoms with Crippen LogP contribution in [0, 0.1) is 11.7 Å². The summed E-state index contributed by atoms with van der Waals surface area (Å²) in [4.78, 5) is 20.3. The zero-order valence-electron chi connectivity index (χ0n) is 20.8. The fourth-order valence-electron chi connectivity index (χ4n) is 5.93. The lowest BCUT2D eigenvalue weighted by atomic mass is 9.93. The summed E-state index contributed by atoms with van der Waals surface area (Å²) in [6, 6.07) is 17.2. The molecule has 188 valence electrons. The molecular formula is C30H29FN4O2. The van der Waals surface area contributed by atoms with E-state index in [0.717, 1.165) is 36.9 Å². The van der Waals surface area contributed by atoms with Crippen LogP contribution < -0.4 is 0 Å². The summed E-state index contributed by atoms with van der Waals surface area (Å²) in [7, 11) is 0. The summed E-state index contributed by atoms with van der Waals surface area (Å²) in [5, 5.41) is 14.1. The van der Waals surface area contributed by atoms with Crippen LogP contribution >= 0.6 is 0 Å². The number of fused-ring (bicyclic) bond motifs is 2. The first-order valence-corrected chi connectivity index (χ1v) is 13.2. The molecule has 3 atom stereocenters. The third-order valence-corrected chi connectivity index (χ3v) is 8.38. The van der Waals surface area contributed by atoms with Crippen molar-refractivity contribution in [2.75, 3.05) is 13.2 Å². The molecule has 1 amide bonds. The number of halogens is 1. The SMILES string of the molecule is C[C@@H]1c2ccccc2CCN1C(=O)c1cc(C2CC2)n2nc(-c3ccc([C@H]4C[C@@H]4CO)cc3F)cc2n1. The maximum atomic E-state index is 15.2. The third-order valence-electron chi connectivity index (χ3n) is 8.38. The van der Waals surface area contributed by atoms with Crippen molar-refractivity contribution in [2.24, 2.45) is 5.92 Å². The van der Waals surface area contributed by atoms with Crippen LogP contribution in [-0.2, 0) is 6.42 Å². The summed E-state index contributed by atoms with van der Waals surface area (Å²) >= 11 is 0. The Balaban J connectivity index is 1.24. The van der Waals surface area contributed by atoms with Gasteiger partial charge in [-0.3, -0.25) is 4.79 Å². The predicted octanol–water partition coefficient (Wildman–Crippen LogP) is 5.27. The standard InChI is InChI=1S/C30H29FN4O2/c1-17-22-5-3-2-4-18(22)10-11-34(17)30(37)27-14-28(19-6-7-19)35-29(32-27)15-26(33-35)23-9-8-20(13-25(23)31)24-12-21(24)16-36/h2-5,8-9,13-15,17,19,21,24,36H,6-7,10-12,16H2,1H3/t17-,21-,24-/m1/s1. The van der Waals surface area contributed by atoms with Gasteiger partial charge < -0.3 is 10.0 Å². The highest BCUT2D eigenvalue weighted by molar-refractivity contribution is 5.93. The maximum absolute atomic E-state index is 15.2. The second kappa shape index (κ2) is 8.48. The van der Waals surface area contributed by atoms with Crippen molar-refractivity contribution < 1.29 is 14.3 Å². The average molecular weight is 497 g/mol. The third kappa shape index (κ3) is 3.84. The van der Waals surface area contributed by atoms with E-state index < -0.39 is 0 Å². The molecule has 6 nitrogen and oxygen atoms in total. The van der Waals surface area contributed by atoms with Gasteiger partial charge in [-0.05, 0) is 79.3 Å². The number of aliphatic hydroxyl groups excluding tert-OH is 1. The lowest BCUT2D eigenvalue weighted by molar-refractivity contribution is 0.0671. The fourth-order valence-corrected chi connectivity index (χ4v) is 5.93. The quantitative estimate of drug-likeness (QED) is 0.409. The minimum atomic E-state index is -0.324. The Morgan fingerprint density at radius 2 is 1.97 bits per heavy atom. The van der Waals surface area contributed by atoms with Crippen LogP contribution in [0.25, 0.3) is 16.9 Å². The van der Waals surface area contributed by atoms with Crippen molar-refractivity contribution >= 4 is 11.6 Å². The first-order chi connectivity index (χ1) is 18.0. The molecule has 2 aromatic heterocycles. The van der Waals surface area contributed by atoms with E-state index in [1.54, 1.807) is 22.7 Å². The predicted molar refractivity (Wildman–Crippen MR) is 138 cm³/mol. The normalized spacial score (nSPS) is 22.8. The molecule has 2 aromatic carbocycles. The van der Waals surface area contributed by atoms with E-state index in [-0.39, 0.29) is 36.2 Å². The Morgan fingerprint density at radius 1 is 1.14 bits per heavy atom. The van der Waals surface area contributed by atoms with Crippen LogP contribution in [0.15, 0.2) is 54.6 Å². The molecule has 7 rings (SSSR count). The Morgan fingerprint density at radius 3 is 2.73 bits per heavy atom. The van der Waals surface area contributed by atoms with Gasteiger partial charge in [0, 0.05) is 36.4 Å². The van der Waals surface area contributed by atoms with Gasteiger partial charge in [0.05, 0.1) is 11.7 Å². The molecule has 0 bridgehead atoms. The number of nitrogens with zero attached hydrogens (tertiary/aromatic N) is 4. The van der Waals surface area contributed by atoms with Gasteiger partial charge in [0.15, 0.2) is 5.65 Å². The van der Waals surface area contributed by atoms with Crippen molar-refractivity contribution in [3.8, 4) is 11.3 Å². The summed E-state index contributed by atoms with van der Waals surface area (Å²) in [6.07, 6.45) is 3.82. The molecule has 0 unspecified atom stereocenters. The van der Waals surface area contributed by atoms with Crippen molar-refractivity contribution in [1.29, 1.82) is 0 Å². The van der Waals surface area contributed by atoms with E-state index in [2.05, 4.69) is 19.1 Å². The van der Waals surface area contributed by atoms with Crippen LogP contribution in [0.1, 0.15) is 76.9 Å². The van der Waals surface area contributed by atoms with E-state index in [1.165, 1.54) is 11.1 Å². The molecule has 1 aliphatic heterocycles. The smallest absolute Gasteiger partial charge is 0.273 e. The molecular weight excluding hydrogens is 467 g/mol. The van der Waals surface area contributed by atoms with Gasteiger partial charge in [0.1, 0.15) is 11.5 Å². The molecule has 7 heteroatoms. The number of carbonyl (C=O) groups excluding carboxylic acids is 1. The minimum Gasteiger partial charge on any atom is -0.396 e. The van der Waals surface area contributed by atoms with E-state index in [9.17, 15) is 9.90 Å². The molecule has 0 saturated heterocycles. The van der Waals surface area contributed by atoms with Crippen LogP contribution in [0.2, 0.25) is 0 Å². The van der Waals surface area contributed by atoms with Gasteiger partial charge >= 0.3 is 0 Å². The van der Waals surface area contributed by atoms with E-state index in [1.807, 2.05) is 29.2 Å². The highest BCUT2D eigenvalue weighted by atomic mass is 19.1. The molecule has 3 aliphatic rings. The van der Waals surface area contributed by atoms with Crippen molar-refractivity contribution in [3.63, 3.8) is 0 Å². The Labute approximate surface area is 214 Å². The van der Waals surface area contributed by atoms with Gasteiger partial charge in [0.25, 0.3) is 5.91 Å². The lowest BCUT2D eigenvalue weighted by Gasteiger charge is -2.35. The van der Waals surface area contributed by atoms with Crippen LogP contribution in [0.3, 0.4) is 0 Å². The molecule has 3 heterocycles. The maximum Gasteiger partial charge on any atom is 0.273 e. The van der Waals surface area contributed by atoms with Crippen molar-refractivity contribution in [1.82, 2.24) is 19.5 Å². The monoisotopic (exact) mass is 496 g/mol. The summed E-state index contributed by atoms with van der Waals surface area (Å²) in [5.41, 5.74) is 6.29. The number of hydrogen-bond donors (Lipinski definition) is 1. The van der Waals surface area contributed by atoms with Crippen LogP contribution in [0.4, 0.5) is 4.39 Å². The largest absolute Gasteiger partial charge is 0.396 e. The van der Waals surface area contributed by atoms with E-state index in [4.69, 9.17) is 10.1 Å². The summed E-state index contributed by atoms with van der Waals surface area (Å²) in [6.45, 7) is 2.87. The second-order valence-corrected chi connectivity index (χ2v) is 10.8. The average Bonchev–Trinajstić information content (AvgIpc) is 3.84. The van der Waals surface area contributed by atoms with Crippen LogP contribution in [0.5, 0.6) is 0 Å². The second-order valence-electron chi connectivity index (χ2n) is 10.8. The zero-order chi connectivity index (χ0) is 25.3. The number of carbonyl (C=O) groups is 1. The highest BCUT2D eigenvalue weighted by Gasteiger charge is 2.38. The Bertz CT molecular complexity index is 1540. The molecule has 0 radical (unpaired) electrons. The minimum absolute atomic E-state index is 0.0233. The molecule has 37 heavy (non-hydrogen) atoms. The number of rotatable bonds is 5. The molecule has 4 aromatic rings. The zero-order valence-corrected chi connectivity index (χ0v) is 20.8. The van der Waals surface area contributed by atoms with E-state index >= 15 is 4.39 Å². The number of hydrogen-bond acceptors (Lipinski definition) is 4. The highest BCUT2D eigenvalue weighted by Crippen LogP contribution is 2.47. The molecule has 0 spiro atoms. The molecule has 1 N–H and O–H groups in total. The van der Waals surface area contributed by atoms with Gasteiger partial charge in [-0.1, -0.05) is 30.3 Å². The number of benzene rings is 2. The number of aliphatic hydroxyl groups is 1. The number of aromatic nitrogens is 3. The lowest BCUT2D eigenvalue weighted by Crippen LogP contribution is -2.39. The Kier molecular flexibility index (Phi) is 5.18. The van der Waals surface area contributed by atoms with Gasteiger partial charge in [-0.2, -0.15) is 5.10 Å². The molecule has 2 fully saturated rings. The van der Waals surface area contributed by atoms with E-state index in [0.29, 0.717) is 35.1 Å². The fraction of sp³-hybridized carbons (Fsp3) is 0.367. The Hall–Kier alpha value is -3.58. The van der Waals surface area contributed by atoms with Gasteiger partial charge in [0.2, 0.25) is 0 Å². The van der Waals surface area contributed by atoms with Gasteiger partial charge in [-0.25, -0.2) is 13.9 Å². The van der Waals surface area contributed by atoms with Crippen molar-refractivity contribution in [2.45, 2.75) is 50.5 Å². The number of amides is 1. The first kappa shape index (κ1) is 22.6. The summed E-state index contributed by atoms with van der Waals surface area (Å²) < 4.78 is 17.0. The topological polar surface area (TPSA) is 70.7 Å². The summed E-state index contributed by atoms with van der Waals surface area (Å²) in [5.74, 6) is 0.400. The molecule has 2 aliphatic carbocycles. The van der Waals surface area contributed by atoms with Gasteiger partial charge in [-0.15, -0.1) is 0 Å². The first-order valence-electron chi connectivity index (χ1n) is 13.2. The molecule has 2 saturated carbocycles. The van der Waals surface area contributed by atoms with Crippen LogP contribution in [-0.4, -0.2) is 43.7 Å². The van der Waals surface area contributed by atoms with Crippen molar-refractivity contribution in [3.05, 3.63) is 88.5 Å².